The number of carbonyl (C=O) groups excluding carboxylic acids is 2. The van der Waals surface area contributed by atoms with Crippen LogP contribution in [0.15, 0.2) is 42.5 Å². The largest absolute Gasteiger partial charge is 0.479 e. The molecule has 4 rings (SSSR count). The highest BCUT2D eigenvalue weighted by Gasteiger charge is 2.23. The third-order valence-corrected chi connectivity index (χ3v) is 5.24. The van der Waals surface area contributed by atoms with E-state index < -0.39 is 6.10 Å². The van der Waals surface area contributed by atoms with Crippen LogP contribution in [0, 0.1) is 0 Å². The topological polar surface area (TPSA) is 70.7 Å². The Balaban J connectivity index is 1.39. The van der Waals surface area contributed by atoms with Gasteiger partial charge in [-0.25, -0.2) is 0 Å². The van der Waals surface area contributed by atoms with Gasteiger partial charge in [-0.05, 0) is 68.8 Å². The zero-order chi connectivity index (χ0) is 19.5. The number of nitrogens with zero attached hydrogens (tertiary/aromatic N) is 1. The van der Waals surface area contributed by atoms with Gasteiger partial charge in [0, 0.05) is 17.8 Å². The van der Waals surface area contributed by atoms with E-state index in [4.69, 9.17) is 4.74 Å². The first-order valence-electron chi connectivity index (χ1n) is 9.83. The second-order valence-electron chi connectivity index (χ2n) is 7.45. The summed E-state index contributed by atoms with van der Waals surface area (Å²) in [6.45, 7) is 4.94. The van der Waals surface area contributed by atoms with Gasteiger partial charge in [-0.3, -0.25) is 14.5 Å². The van der Waals surface area contributed by atoms with Crippen molar-refractivity contribution in [1.29, 1.82) is 0 Å². The molecule has 0 bridgehead atoms. The fourth-order valence-corrected chi connectivity index (χ4v) is 3.63. The van der Waals surface area contributed by atoms with Crippen molar-refractivity contribution in [2.75, 3.05) is 23.7 Å². The predicted molar refractivity (Wildman–Crippen MR) is 109 cm³/mol. The Morgan fingerprint density at radius 1 is 1.14 bits per heavy atom. The van der Waals surface area contributed by atoms with E-state index in [-0.39, 0.29) is 11.8 Å². The minimum atomic E-state index is -0.517. The molecule has 0 spiro atoms. The third-order valence-electron chi connectivity index (χ3n) is 5.24. The molecular formula is C22H25N3O3. The van der Waals surface area contributed by atoms with E-state index in [1.54, 1.807) is 25.1 Å². The van der Waals surface area contributed by atoms with Gasteiger partial charge >= 0.3 is 0 Å². The molecule has 2 amide bonds. The number of hydrogen-bond acceptors (Lipinski definition) is 4. The maximum atomic E-state index is 12.6. The van der Waals surface area contributed by atoms with E-state index >= 15 is 0 Å². The molecule has 1 fully saturated rings. The van der Waals surface area contributed by atoms with Crippen LogP contribution < -0.4 is 15.4 Å². The predicted octanol–water partition coefficient (Wildman–Crippen LogP) is 3.64. The molecule has 28 heavy (non-hydrogen) atoms. The number of hydrogen-bond donors (Lipinski definition) is 2. The normalized spacial score (nSPS) is 19.3. The van der Waals surface area contributed by atoms with Gasteiger partial charge in [0.2, 0.25) is 0 Å². The Morgan fingerprint density at radius 2 is 1.89 bits per heavy atom. The number of likely N-dealkylation sites (tertiary alicyclic amines) is 1. The first-order chi connectivity index (χ1) is 13.6. The summed E-state index contributed by atoms with van der Waals surface area (Å²) in [7, 11) is 0. The van der Waals surface area contributed by atoms with E-state index in [2.05, 4.69) is 15.5 Å². The van der Waals surface area contributed by atoms with Crippen LogP contribution in [-0.2, 0) is 11.3 Å². The van der Waals surface area contributed by atoms with Crippen molar-refractivity contribution in [3.8, 4) is 5.75 Å². The Labute approximate surface area is 164 Å². The fraction of sp³-hybridized carbons (Fsp3) is 0.364. The van der Waals surface area contributed by atoms with Crippen molar-refractivity contribution in [2.45, 2.75) is 38.8 Å². The van der Waals surface area contributed by atoms with Crippen LogP contribution in [0.5, 0.6) is 5.75 Å². The molecule has 2 heterocycles. The summed E-state index contributed by atoms with van der Waals surface area (Å²) in [5, 5.41) is 5.67. The van der Waals surface area contributed by atoms with Crippen molar-refractivity contribution in [1.82, 2.24) is 4.90 Å². The zero-order valence-corrected chi connectivity index (χ0v) is 16.0. The number of fused-ring (bicyclic) bond motifs is 1. The standard InChI is InChI=1S/C22H25N3O3/c1-15-21(26)24-19-13-18(9-10-20(19)28-15)23-22(27)17-7-5-16(6-8-17)14-25-11-3-2-4-12-25/h5-10,13,15H,2-4,11-12,14H2,1H3,(H,23,27)(H,24,26). The lowest BCUT2D eigenvalue weighted by molar-refractivity contribution is -0.122. The molecule has 0 radical (unpaired) electrons. The number of nitrogens with one attached hydrogen (secondary N) is 2. The Hall–Kier alpha value is -2.86. The van der Waals surface area contributed by atoms with E-state index in [0.717, 1.165) is 19.6 Å². The van der Waals surface area contributed by atoms with Gasteiger partial charge < -0.3 is 15.4 Å². The maximum absolute atomic E-state index is 12.6. The Bertz CT molecular complexity index is 873. The molecule has 1 unspecified atom stereocenters. The quantitative estimate of drug-likeness (QED) is 0.851. The molecule has 146 valence electrons. The summed E-state index contributed by atoms with van der Waals surface area (Å²) in [5.41, 5.74) is 3.01. The third kappa shape index (κ3) is 4.17. The van der Waals surface area contributed by atoms with Gasteiger partial charge in [0.05, 0.1) is 5.69 Å². The maximum Gasteiger partial charge on any atom is 0.265 e. The summed E-state index contributed by atoms with van der Waals surface area (Å²) >= 11 is 0. The van der Waals surface area contributed by atoms with Gasteiger partial charge in [0.1, 0.15) is 5.75 Å². The molecule has 2 aromatic carbocycles. The molecule has 6 heteroatoms. The molecule has 1 saturated heterocycles. The average Bonchev–Trinajstić information content (AvgIpc) is 2.70. The molecule has 2 aromatic rings. The molecule has 0 aliphatic carbocycles. The van der Waals surface area contributed by atoms with Crippen LogP contribution in [0.3, 0.4) is 0 Å². The van der Waals surface area contributed by atoms with Crippen LogP contribution in [-0.4, -0.2) is 35.9 Å². The number of carbonyl (C=O) groups is 2. The molecule has 2 N–H and O–H groups in total. The van der Waals surface area contributed by atoms with E-state index in [0.29, 0.717) is 22.7 Å². The molecule has 2 aliphatic rings. The molecule has 2 aliphatic heterocycles. The first-order valence-corrected chi connectivity index (χ1v) is 9.83. The molecular weight excluding hydrogens is 354 g/mol. The number of benzene rings is 2. The summed E-state index contributed by atoms with van der Waals surface area (Å²) < 4.78 is 5.54. The molecule has 1 atom stereocenters. The highest BCUT2D eigenvalue weighted by Crippen LogP contribution is 2.32. The Kier molecular flexibility index (Phi) is 5.30. The van der Waals surface area contributed by atoms with Crippen LogP contribution in [0.2, 0.25) is 0 Å². The van der Waals surface area contributed by atoms with Crippen LogP contribution in [0.25, 0.3) is 0 Å². The monoisotopic (exact) mass is 379 g/mol. The number of rotatable bonds is 4. The fourth-order valence-electron chi connectivity index (χ4n) is 3.63. The summed E-state index contributed by atoms with van der Waals surface area (Å²) in [6.07, 6.45) is 3.35. The number of piperidine rings is 1. The lowest BCUT2D eigenvalue weighted by atomic mass is 10.1. The first kappa shape index (κ1) is 18.5. The average molecular weight is 379 g/mol. The second-order valence-corrected chi connectivity index (χ2v) is 7.45. The smallest absolute Gasteiger partial charge is 0.265 e. The summed E-state index contributed by atoms with van der Waals surface area (Å²) in [6, 6.07) is 13.0. The minimum absolute atomic E-state index is 0.180. The van der Waals surface area contributed by atoms with Crippen LogP contribution in [0.1, 0.15) is 42.1 Å². The second kappa shape index (κ2) is 8.02. The van der Waals surface area contributed by atoms with Gasteiger partial charge in [0.15, 0.2) is 6.10 Å². The summed E-state index contributed by atoms with van der Waals surface area (Å²) in [4.78, 5) is 26.8. The van der Waals surface area contributed by atoms with Crippen molar-refractivity contribution < 1.29 is 14.3 Å². The van der Waals surface area contributed by atoms with Crippen molar-refractivity contribution in [3.63, 3.8) is 0 Å². The van der Waals surface area contributed by atoms with Crippen molar-refractivity contribution in [3.05, 3.63) is 53.6 Å². The van der Waals surface area contributed by atoms with Gasteiger partial charge in [-0.2, -0.15) is 0 Å². The molecule has 6 nitrogen and oxygen atoms in total. The Morgan fingerprint density at radius 3 is 2.64 bits per heavy atom. The highest BCUT2D eigenvalue weighted by molar-refractivity contribution is 6.05. The molecule has 0 saturated carbocycles. The number of ether oxygens (including phenoxy) is 1. The van der Waals surface area contributed by atoms with Crippen molar-refractivity contribution >= 4 is 23.2 Å². The number of anilines is 2. The van der Waals surface area contributed by atoms with Gasteiger partial charge in [0.25, 0.3) is 11.8 Å². The zero-order valence-electron chi connectivity index (χ0n) is 16.0. The van der Waals surface area contributed by atoms with Crippen LogP contribution in [0.4, 0.5) is 11.4 Å². The highest BCUT2D eigenvalue weighted by atomic mass is 16.5. The molecule has 0 aromatic heterocycles. The van der Waals surface area contributed by atoms with Gasteiger partial charge in [-0.15, -0.1) is 0 Å². The lowest BCUT2D eigenvalue weighted by Gasteiger charge is -2.26. The number of amides is 2. The van der Waals surface area contributed by atoms with Gasteiger partial charge in [-0.1, -0.05) is 18.6 Å². The minimum Gasteiger partial charge on any atom is -0.479 e. The van der Waals surface area contributed by atoms with E-state index in [9.17, 15) is 9.59 Å². The van der Waals surface area contributed by atoms with E-state index in [1.807, 2.05) is 24.3 Å². The van der Waals surface area contributed by atoms with E-state index in [1.165, 1.54) is 24.8 Å². The van der Waals surface area contributed by atoms with Crippen LogP contribution >= 0.6 is 0 Å². The van der Waals surface area contributed by atoms with Crippen molar-refractivity contribution in [2.24, 2.45) is 0 Å². The summed E-state index contributed by atoms with van der Waals surface area (Å²) in [5.74, 6) is 0.230. The SMILES string of the molecule is CC1Oc2ccc(NC(=O)c3ccc(CN4CCCCC4)cc3)cc2NC1=O. The lowest BCUT2D eigenvalue weighted by Crippen LogP contribution is -2.34.